The van der Waals surface area contributed by atoms with Crippen molar-refractivity contribution in [3.8, 4) is 5.75 Å². The van der Waals surface area contributed by atoms with E-state index in [2.05, 4.69) is 0 Å². The van der Waals surface area contributed by atoms with Crippen molar-refractivity contribution in [1.29, 1.82) is 0 Å². The summed E-state index contributed by atoms with van der Waals surface area (Å²) in [7, 11) is 1.39. The SMILES string of the molecule is CCOc1c(CC(=O)OC)ccc2c1CC(N)C2. The minimum Gasteiger partial charge on any atom is -0.493 e. The largest absolute Gasteiger partial charge is 0.493 e. The minimum absolute atomic E-state index is 0.160. The third-order valence-corrected chi connectivity index (χ3v) is 3.24. The van der Waals surface area contributed by atoms with Gasteiger partial charge in [-0.1, -0.05) is 12.1 Å². The molecule has 2 rings (SSSR count). The molecule has 0 aliphatic heterocycles. The number of hydrogen-bond acceptors (Lipinski definition) is 4. The highest BCUT2D eigenvalue weighted by Crippen LogP contribution is 2.34. The third kappa shape index (κ3) is 2.48. The van der Waals surface area contributed by atoms with Crippen molar-refractivity contribution in [3.63, 3.8) is 0 Å². The van der Waals surface area contributed by atoms with E-state index in [1.165, 1.54) is 12.7 Å². The number of rotatable bonds is 4. The van der Waals surface area contributed by atoms with E-state index in [1.54, 1.807) is 0 Å². The highest BCUT2D eigenvalue weighted by atomic mass is 16.5. The molecule has 1 aromatic carbocycles. The molecule has 0 saturated carbocycles. The van der Waals surface area contributed by atoms with Crippen LogP contribution in [0.3, 0.4) is 0 Å². The van der Waals surface area contributed by atoms with E-state index in [9.17, 15) is 4.79 Å². The van der Waals surface area contributed by atoms with Crippen LogP contribution < -0.4 is 10.5 Å². The smallest absolute Gasteiger partial charge is 0.310 e. The zero-order valence-electron chi connectivity index (χ0n) is 10.9. The van der Waals surface area contributed by atoms with Crippen LogP contribution in [0, 0.1) is 0 Å². The third-order valence-electron chi connectivity index (χ3n) is 3.24. The van der Waals surface area contributed by atoms with Crippen molar-refractivity contribution >= 4 is 5.97 Å². The topological polar surface area (TPSA) is 61.5 Å². The van der Waals surface area contributed by atoms with Gasteiger partial charge in [-0.05, 0) is 30.9 Å². The lowest BCUT2D eigenvalue weighted by atomic mass is 10.0. The van der Waals surface area contributed by atoms with Gasteiger partial charge in [0.05, 0.1) is 20.1 Å². The molecular formula is C14H19NO3. The Labute approximate surface area is 107 Å². The van der Waals surface area contributed by atoms with Crippen molar-refractivity contribution < 1.29 is 14.3 Å². The highest BCUT2D eigenvalue weighted by Gasteiger charge is 2.24. The van der Waals surface area contributed by atoms with Gasteiger partial charge in [-0.25, -0.2) is 0 Å². The predicted octanol–water partition coefficient (Wildman–Crippen LogP) is 1.23. The fourth-order valence-electron chi connectivity index (χ4n) is 2.44. The number of hydrogen-bond donors (Lipinski definition) is 1. The van der Waals surface area contributed by atoms with Crippen LogP contribution in [0.4, 0.5) is 0 Å². The average molecular weight is 249 g/mol. The first kappa shape index (κ1) is 12.9. The minimum atomic E-state index is -0.252. The van der Waals surface area contributed by atoms with Gasteiger partial charge in [-0.15, -0.1) is 0 Å². The van der Waals surface area contributed by atoms with Crippen molar-refractivity contribution in [1.82, 2.24) is 0 Å². The molecule has 0 radical (unpaired) electrons. The van der Waals surface area contributed by atoms with Gasteiger partial charge < -0.3 is 15.2 Å². The van der Waals surface area contributed by atoms with Crippen LogP contribution in [-0.2, 0) is 28.8 Å². The molecule has 0 spiro atoms. The monoisotopic (exact) mass is 249 g/mol. The number of methoxy groups -OCH3 is 1. The Hall–Kier alpha value is -1.55. The van der Waals surface area contributed by atoms with E-state index in [4.69, 9.17) is 15.2 Å². The molecule has 1 atom stereocenters. The summed E-state index contributed by atoms with van der Waals surface area (Å²) in [5, 5.41) is 0. The second-order valence-corrected chi connectivity index (χ2v) is 4.55. The first-order valence-electron chi connectivity index (χ1n) is 6.24. The van der Waals surface area contributed by atoms with Gasteiger partial charge in [0, 0.05) is 11.6 Å². The van der Waals surface area contributed by atoms with E-state index < -0.39 is 0 Å². The first-order valence-corrected chi connectivity index (χ1v) is 6.24. The molecular weight excluding hydrogens is 230 g/mol. The molecule has 0 bridgehead atoms. The summed E-state index contributed by atoms with van der Waals surface area (Å²) in [6, 6.07) is 4.15. The molecule has 0 saturated heterocycles. The molecule has 4 heteroatoms. The maximum absolute atomic E-state index is 11.4. The first-order chi connectivity index (χ1) is 8.65. The molecule has 1 aliphatic carbocycles. The summed E-state index contributed by atoms with van der Waals surface area (Å²) in [5.74, 6) is 0.576. The van der Waals surface area contributed by atoms with Crippen LogP contribution in [0.5, 0.6) is 5.75 Å². The summed E-state index contributed by atoms with van der Waals surface area (Å²) in [5.41, 5.74) is 9.26. The summed E-state index contributed by atoms with van der Waals surface area (Å²) < 4.78 is 10.4. The zero-order valence-corrected chi connectivity index (χ0v) is 10.9. The lowest BCUT2D eigenvalue weighted by Gasteiger charge is -2.14. The maximum Gasteiger partial charge on any atom is 0.310 e. The van der Waals surface area contributed by atoms with Crippen LogP contribution in [-0.4, -0.2) is 25.7 Å². The molecule has 1 unspecified atom stereocenters. The Morgan fingerprint density at radius 2 is 2.22 bits per heavy atom. The molecule has 0 amide bonds. The van der Waals surface area contributed by atoms with Crippen molar-refractivity contribution in [3.05, 3.63) is 28.8 Å². The molecule has 98 valence electrons. The summed E-state index contributed by atoms with van der Waals surface area (Å²) in [6.45, 7) is 2.52. The van der Waals surface area contributed by atoms with Gasteiger partial charge in [0.1, 0.15) is 5.75 Å². The summed E-state index contributed by atoms with van der Waals surface area (Å²) >= 11 is 0. The Morgan fingerprint density at radius 3 is 2.89 bits per heavy atom. The van der Waals surface area contributed by atoms with Crippen molar-refractivity contribution in [2.45, 2.75) is 32.2 Å². The van der Waals surface area contributed by atoms with Crippen molar-refractivity contribution in [2.75, 3.05) is 13.7 Å². The van der Waals surface area contributed by atoms with Crippen LogP contribution in [0.25, 0.3) is 0 Å². The molecule has 4 nitrogen and oxygen atoms in total. The number of esters is 1. The number of nitrogens with two attached hydrogens (primary N) is 1. The summed E-state index contributed by atoms with van der Waals surface area (Å²) in [4.78, 5) is 11.4. The second kappa shape index (κ2) is 5.40. The fourth-order valence-corrected chi connectivity index (χ4v) is 2.44. The molecule has 0 heterocycles. The van der Waals surface area contributed by atoms with Crippen LogP contribution >= 0.6 is 0 Å². The molecule has 2 N–H and O–H groups in total. The van der Waals surface area contributed by atoms with Gasteiger partial charge in [-0.2, -0.15) is 0 Å². The van der Waals surface area contributed by atoms with E-state index in [0.717, 1.165) is 29.7 Å². The Kier molecular flexibility index (Phi) is 3.87. The van der Waals surface area contributed by atoms with Gasteiger partial charge in [0.25, 0.3) is 0 Å². The van der Waals surface area contributed by atoms with Gasteiger partial charge in [0.2, 0.25) is 0 Å². The average Bonchev–Trinajstić information content (AvgIpc) is 2.73. The zero-order chi connectivity index (χ0) is 13.1. The number of ether oxygens (including phenoxy) is 2. The Bertz CT molecular complexity index is 457. The fraction of sp³-hybridized carbons (Fsp3) is 0.500. The Balaban J connectivity index is 2.35. The lowest BCUT2D eigenvalue weighted by Crippen LogP contribution is -2.19. The molecule has 0 aromatic heterocycles. The number of benzene rings is 1. The van der Waals surface area contributed by atoms with E-state index in [0.29, 0.717) is 6.61 Å². The normalized spacial score (nSPS) is 17.4. The van der Waals surface area contributed by atoms with Crippen LogP contribution in [0.2, 0.25) is 0 Å². The number of carbonyl (C=O) groups is 1. The highest BCUT2D eigenvalue weighted by molar-refractivity contribution is 5.74. The van der Waals surface area contributed by atoms with E-state index in [1.807, 2.05) is 19.1 Å². The van der Waals surface area contributed by atoms with Gasteiger partial charge in [0.15, 0.2) is 0 Å². The second-order valence-electron chi connectivity index (χ2n) is 4.55. The maximum atomic E-state index is 11.4. The van der Waals surface area contributed by atoms with Gasteiger partial charge in [-0.3, -0.25) is 4.79 Å². The van der Waals surface area contributed by atoms with Gasteiger partial charge >= 0.3 is 5.97 Å². The predicted molar refractivity (Wildman–Crippen MR) is 68.7 cm³/mol. The van der Waals surface area contributed by atoms with Crippen LogP contribution in [0.15, 0.2) is 12.1 Å². The molecule has 1 aromatic rings. The quantitative estimate of drug-likeness (QED) is 0.815. The number of fused-ring (bicyclic) bond motifs is 1. The van der Waals surface area contributed by atoms with E-state index in [-0.39, 0.29) is 18.4 Å². The molecule has 0 fully saturated rings. The standard InChI is InChI=1S/C14H19NO3/c1-3-18-14-10(7-13(16)17-2)5-4-9-6-11(15)8-12(9)14/h4-5,11H,3,6-8,15H2,1-2H3. The van der Waals surface area contributed by atoms with Crippen LogP contribution in [0.1, 0.15) is 23.6 Å². The number of carbonyl (C=O) groups excluding carboxylic acids is 1. The Morgan fingerprint density at radius 1 is 1.44 bits per heavy atom. The van der Waals surface area contributed by atoms with E-state index >= 15 is 0 Å². The van der Waals surface area contributed by atoms with Crippen molar-refractivity contribution in [2.24, 2.45) is 5.73 Å². The molecule has 1 aliphatic rings. The lowest BCUT2D eigenvalue weighted by molar-refractivity contribution is -0.139. The summed E-state index contributed by atoms with van der Waals surface area (Å²) in [6.07, 6.45) is 1.95. The molecule has 18 heavy (non-hydrogen) atoms.